The first-order chi connectivity index (χ1) is 10.1. The first-order valence-corrected chi connectivity index (χ1v) is 7.10. The predicted octanol–water partition coefficient (Wildman–Crippen LogP) is 1.15. The van der Waals surface area contributed by atoms with E-state index in [1.165, 1.54) is 17.3 Å². The molecule has 21 heavy (non-hydrogen) atoms. The molecule has 0 saturated carbocycles. The van der Waals surface area contributed by atoms with E-state index in [9.17, 15) is 4.79 Å². The molecule has 1 aliphatic rings. The number of likely N-dealkylation sites (tertiary alicyclic amines) is 1. The first-order valence-electron chi connectivity index (χ1n) is 7.10. The molecule has 1 saturated heterocycles. The van der Waals surface area contributed by atoms with Crippen LogP contribution in [-0.4, -0.2) is 42.3 Å². The van der Waals surface area contributed by atoms with E-state index in [0.717, 1.165) is 12.8 Å². The van der Waals surface area contributed by atoms with Gasteiger partial charge in [-0.15, -0.1) is 0 Å². The lowest BCUT2D eigenvalue weighted by Gasteiger charge is -2.22. The van der Waals surface area contributed by atoms with Gasteiger partial charge in [0.15, 0.2) is 5.82 Å². The average Bonchev–Trinajstić information content (AvgIpc) is 3.19. The highest BCUT2D eigenvalue weighted by atomic mass is 16.5. The maximum Gasteiger partial charge on any atom is 0.244 e. The zero-order valence-electron chi connectivity index (χ0n) is 12.1. The molecule has 0 N–H and O–H groups in total. The summed E-state index contributed by atoms with van der Waals surface area (Å²) in [6.07, 6.45) is 4.76. The first kappa shape index (κ1) is 13.7. The van der Waals surface area contributed by atoms with Crippen LogP contribution in [0.5, 0.6) is 0 Å². The highest BCUT2D eigenvalue weighted by Crippen LogP contribution is 2.31. The molecule has 0 bridgehead atoms. The largest absolute Gasteiger partial charge is 0.339 e. The van der Waals surface area contributed by atoms with Gasteiger partial charge in [-0.3, -0.25) is 4.79 Å². The van der Waals surface area contributed by atoms with Crippen LogP contribution in [-0.2, 0) is 11.3 Å². The summed E-state index contributed by atoms with van der Waals surface area (Å²) < 4.78 is 6.77. The third-order valence-electron chi connectivity index (χ3n) is 3.59. The number of aromatic nitrogens is 5. The summed E-state index contributed by atoms with van der Waals surface area (Å²) in [6, 6.07) is -0.0997. The van der Waals surface area contributed by atoms with Gasteiger partial charge in [-0.1, -0.05) is 19.0 Å². The average molecular weight is 290 g/mol. The lowest BCUT2D eigenvalue weighted by Crippen LogP contribution is -2.34. The molecular weight excluding hydrogens is 272 g/mol. The van der Waals surface area contributed by atoms with Crippen molar-refractivity contribution in [2.75, 3.05) is 6.54 Å². The van der Waals surface area contributed by atoms with Crippen LogP contribution >= 0.6 is 0 Å². The lowest BCUT2D eigenvalue weighted by atomic mass is 10.2. The Bertz CT molecular complexity index is 606. The quantitative estimate of drug-likeness (QED) is 0.839. The molecule has 8 heteroatoms. The fourth-order valence-electron chi connectivity index (χ4n) is 2.49. The molecule has 1 amide bonds. The van der Waals surface area contributed by atoms with E-state index in [-0.39, 0.29) is 24.4 Å². The van der Waals surface area contributed by atoms with Crippen molar-refractivity contribution in [1.82, 2.24) is 29.8 Å². The second-order valence-corrected chi connectivity index (χ2v) is 5.48. The Morgan fingerprint density at radius 1 is 1.52 bits per heavy atom. The summed E-state index contributed by atoms with van der Waals surface area (Å²) in [4.78, 5) is 22.4. The number of rotatable bonds is 4. The smallest absolute Gasteiger partial charge is 0.244 e. The Morgan fingerprint density at radius 2 is 2.38 bits per heavy atom. The molecule has 3 rings (SSSR count). The van der Waals surface area contributed by atoms with Gasteiger partial charge in [0.05, 0.1) is 6.04 Å². The van der Waals surface area contributed by atoms with Crippen LogP contribution in [0.1, 0.15) is 50.4 Å². The monoisotopic (exact) mass is 290 g/mol. The van der Waals surface area contributed by atoms with E-state index in [2.05, 4.69) is 20.2 Å². The van der Waals surface area contributed by atoms with E-state index < -0.39 is 0 Å². The highest BCUT2D eigenvalue weighted by Gasteiger charge is 2.33. The van der Waals surface area contributed by atoms with Crippen LogP contribution in [0.4, 0.5) is 0 Å². The summed E-state index contributed by atoms with van der Waals surface area (Å²) in [5, 5.41) is 8.00. The second-order valence-electron chi connectivity index (χ2n) is 5.48. The molecular formula is C13H18N6O2. The van der Waals surface area contributed by atoms with Crippen molar-refractivity contribution >= 4 is 5.91 Å². The second kappa shape index (κ2) is 5.63. The fourth-order valence-corrected chi connectivity index (χ4v) is 2.49. The van der Waals surface area contributed by atoms with E-state index in [4.69, 9.17) is 4.52 Å². The third-order valence-corrected chi connectivity index (χ3v) is 3.59. The van der Waals surface area contributed by atoms with E-state index in [1.807, 2.05) is 13.8 Å². The van der Waals surface area contributed by atoms with E-state index >= 15 is 0 Å². The maximum atomic E-state index is 12.4. The predicted molar refractivity (Wildman–Crippen MR) is 72.1 cm³/mol. The zero-order chi connectivity index (χ0) is 14.8. The molecule has 1 atom stereocenters. The van der Waals surface area contributed by atoms with Crippen LogP contribution < -0.4 is 0 Å². The van der Waals surface area contributed by atoms with Gasteiger partial charge < -0.3 is 9.42 Å². The van der Waals surface area contributed by atoms with Crippen LogP contribution in [0.15, 0.2) is 17.2 Å². The molecule has 0 aliphatic carbocycles. The van der Waals surface area contributed by atoms with Crippen molar-refractivity contribution in [2.45, 2.75) is 45.2 Å². The molecule has 0 aromatic carbocycles. The van der Waals surface area contributed by atoms with Gasteiger partial charge in [0.1, 0.15) is 19.2 Å². The van der Waals surface area contributed by atoms with Crippen molar-refractivity contribution in [1.29, 1.82) is 0 Å². The van der Waals surface area contributed by atoms with Gasteiger partial charge in [-0.25, -0.2) is 9.67 Å². The van der Waals surface area contributed by atoms with Crippen LogP contribution in [0.2, 0.25) is 0 Å². The van der Waals surface area contributed by atoms with E-state index in [0.29, 0.717) is 18.3 Å². The van der Waals surface area contributed by atoms with Gasteiger partial charge in [-0.2, -0.15) is 10.1 Å². The Balaban J connectivity index is 1.73. The topological polar surface area (TPSA) is 89.9 Å². The summed E-state index contributed by atoms with van der Waals surface area (Å²) in [5.74, 6) is 1.40. The summed E-state index contributed by atoms with van der Waals surface area (Å²) in [6.45, 7) is 4.90. The minimum Gasteiger partial charge on any atom is -0.339 e. The standard InChI is InChI=1S/C13H18N6O2/c1-9(2)13-16-12(17-21-13)10-4-3-5-19(10)11(20)6-18-8-14-7-15-18/h7-10H,3-6H2,1-2H3/t10-/m1/s1. The SMILES string of the molecule is CC(C)c1nc([C@H]2CCCN2C(=O)Cn2cncn2)no1. The Labute approximate surface area is 122 Å². The molecule has 0 spiro atoms. The number of nitrogens with zero attached hydrogens (tertiary/aromatic N) is 6. The van der Waals surface area contributed by atoms with Crippen LogP contribution in [0.3, 0.4) is 0 Å². The molecule has 8 nitrogen and oxygen atoms in total. The molecule has 2 aromatic heterocycles. The van der Waals surface area contributed by atoms with Gasteiger partial charge in [0, 0.05) is 12.5 Å². The van der Waals surface area contributed by atoms with Crippen molar-refractivity contribution in [3.63, 3.8) is 0 Å². The van der Waals surface area contributed by atoms with E-state index in [1.54, 1.807) is 4.90 Å². The maximum absolute atomic E-state index is 12.4. The Morgan fingerprint density at radius 3 is 3.05 bits per heavy atom. The van der Waals surface area contributed by atoms with Crippen molar-refractivity contribution in [3.8, 4) is 0 Å². The molecule has 1 aliphatic heterocycles. The minimum atomic E-state index is -0.0997. The molecule has 0 unspecified atom stereocenters. The summed E-state index contributed by atoms with van der Waals surface area (Å²) in [5.41, 5.74) is 0. The van der Waals surface area contributed by atoms with Crippen LogP contribution in [0.25, 0.3) is 0 Å². The Hall–Kier alpha value is -2.25. The highest BCUT2D eigenvalue weighted by molar-refractivity contribution is 5.76. The molecule has 0 radical (unpaired) electrons. The minimum absolute atomic E-state index is 0.00102. The van der Waals surface area contributed by atoms with Gasteiger partial charge in [-0.05, 0) is 12.8 Å². The van der Waals surface area contributed by atoms with Gasteiger partial charge in [0.25, 0.3) is 0 Å². The summed E-state index contributed by atoms with van der Waals surface area (Å²) in [7, 11) is 0. The van der Waals surface area contributed by atoms with Crippen LogP contribution in [0, 0.1) is 0 Å². The van der Waals surface area contributed by atoms with Gasteiger partial charge >= 0.3 is 0 Å². The van der Waals surface area contributed by atoms with Gasteiger partial charge in [0.2, 0.25) is 11.8 Å². The van der Waals surface area contributed by atoms with Crippen molar-refractivity contribution in [3.05, 3.63) is 24.4 Å². The fraction of sp³-hybridized carbons (Fsp3) is 0.615. The number of amides is 1. The van der Waals surface area contributed by atoms with Crippen molar-refractivity contribution < 1.29 is 9.32 Å². The lowest BCUT2D eigenvalue weighted by molar-refractivity contribution is -0.133. The Kier molecular flexibility index (Phi) is 3.68. The zero-order valence-corrected chi connectivity index (χ0v) is 12.1. The summed E-state index contributed by atoms with van der Waals surface area (Å²) >= 11 is 0. The molecule has 2 aromatic rings. The number of hydrogen-bond acceptors (Lipinski definition) is 6. The number of carbonyl (C=O) groups is 1. The molecule has 3 heterocycles. The van der Waals surface area contributed by atoms with Crippen molar-refractivity contribution in [2.24, 2.45) is 0 Å². The number of carbonyl (C=O) groups excluding carboxylic acids is 1. The number of hydrogen-bond donors (Lipinski definition) is 0. The molecule has 112 valence electrons. The normalized spacial score (nSPS) is 18.6. The molecule has 1 fully saturated rings. The third kappa shape index (κ3) is 2.79.